The van der Waals surface area contributed by atoms with Crippen LogP contribution < -0.4 is 5.32 Å². The molecule has 0 spiro atoms. The van der Waals surface area contributed by atoms with Gasteiger partial charge in [0.05, 0.1) is 13.5 Å². The van der Waals surface area contributed by atoms with Crippen molar-refractivity contribution in [3.8, 4) is 0 Å². The minimum atomic E-state index is -0.0823. The molecule has 1 aliphatic carbocycles. The molecule has 0 aliphatic heterocycles. The molecule has 1 aliphatic rings. The third-order valence-electron chi connectivity index (χ3n) is 3.76. The summed E-state index contributed by atoms with van der Waals surface area (Å²) >= 11 is 1.88. The number of carbonyl (C=O) groups is 1. The number of anilines is 1. The Kier molecular flexibility index (Phi) is 5.91. The standard InChI is InChI=1S/C16H24N2O2S/c1-3-8-17-14-5-4-13(10-18-14)11-21-12-16(6-7-16)9-15(19)20-2/h4-5,10H,3,6-9,11-12H2,1-2H3,(H,17,18). The molecule has 1 aromatic rings. The van der Waals surface area contributed by atoms with Gasteiger partial charge < -0.3 is 10.1 Å². The molecular weight excluding hydrogens is 284 g/mol. The highest BCUT2D eigenvalue weighted by Crippen LogP contribution is 2.51. The fourth-order valence-corrected chi connectivity index (χ4v) is 3.51. The highest BCUT2D eigenvalue weighted by atomic mass is 32.2. The average Bonchev–Trinajstić information content (AvgIpc) is 3.26. The van der Waals surface area contributed by atoms with Crippen LogP contribution in [-0.4, -0.2) is 30.4 Å². The zero-order valence-electron chi connectivity index (χ0n) is 12.9. The summed E-state index contributed by atoms with van der Waals surface area (Å²) < 4.78 is 4.77. The number of carbonyl (C=O) groups excluding carboxylic acids is 1. The quantitative estimate of drug-likeness (QED) is 0.708. The van der Waals surface area contributed by atoms with Gasteiger partial charge >= 0.3 is 5.97 Å². The Morgan fingerprint density at radius 2 is 2.29 bits per heavy atom. The first kappa shape index (κ1) is 16.1. The highest BCUT2D eigenvalue weighted by molar-refractivity contribution is 7.98. The van der Waals surface area contributed by atoms with E-state index in [0.29, 0.717) is 6.42 Å². The van der Waals surface area contributed by atoms with E-state index in [1.807, 2.05) is 24.0 Å². The summed E-state index contributed by atoms with van der Waals surface area (Å²) in [7, 11) is 1.46. The van der Waals surface area contributed by atoms with Gasteiger partial charge in [0.15, 0.2) is 0 Å². The zero-order valence-corrected chi connectivity index (χ0v) is 13.7. The van der Waals surface area contributed by atoms with Gasteiger partial charge in [-0.15, -0.1) is 0 Å². The lowest BCUT2D eigenvalue weighted by Crippen LogP contribution is -2.13. The van der Waals surface area contributed by atoms with Crippen LogP contribution in [0.15, 0.2) is 18.3 Å². The maximum absolute atomic E-state index is 11.4. The molecule has 1 fully saturated rings. The number of nitrogens with zero attached hydrogens (tertiary/aromatic N) is 1. The Bertz CT molecular complexity index is 458. The van der Waals surface area contributed by atoms with Crippen molar-refractivity contribution >= 4 is 23.5 Å². The molecule has 1 N–H and O–H groups in total. The fourth-order valence-electron chi connectivity index (χ4n) is 2.18. The van der Waals surface area contributed by atoms with Crippen molar-refractivity contribution in [2.24, 2.45) is 5.41 Å². The summed E-state index contributed by atoms with van der Waals surface area (Å²) in [6.07, 6.45) is 5.89. The number of methoxy groups -OCH3 is 1. The number of ether oxygens (including phenoxy) is 1. The Balaban J connectivity index is 1.72. The number of aromatic nitrogens is 1. The molecule has 5 heteroatoms. The Labute approximate surface area is 131 Å². The van der Waals surface area contributed by atoms with Gasteiger partial charge in [0, 0.05) is 18.5 Å². The molecule has 0 radical (unpaired) electrons. The van der Waals surface area contributed by atoms with Crippen LogP contribution in [0.5, 0.6) is 0 Å². The lowest BCUT2D eigenvalue weighted by atomic mass is 10.1. The largest absolute Gasteiger partial charge is 0.469 e. The second-order valence-corrected chi connectivity index (χ2v) is 6.71. The molecule has 0 unspecified atom stereocenters. The predicted octanol–water partition coefficient (Wildman–Crippen LogP) is 3.48. The molecule has 0 saturated heterocycles. The topological polar surface area (TPSA) is 51.2 Å². The minimum absolute atomic E-state index is 0.0823. The van der Waals surface area contributed by atoms with Crippen LogP contribution in [0.2, 0.25) is 0 Å². The molecule has 0 atom stereocenters. The van der Waals surface area contributed by atoms with Crippen LogP contribution in [0.3, 0.4) is 0 Å². The van der Waals surface area contributed by atoms with E-state index in [-0.39, 0.29) is 11.4 Å². The number of pyridine rings is 1. The summed E-state index contributed by atoms with van der Waals surface area (Å²) in [4.78, 5) is 15.8. The number of nitrogens with one attached hydrogen (secondary N) is 1. The second kappa shape index (κ2) is 7.69. The maximum Gasteiger partial charge on any atom is 0.306 e. The fraction of sp³-hybridized carbons (Fsp3) is 0.625. The molecule has 21 heavy (non-hydrogen) atoms. The third kappa shape index (κ3) is 5.23. The summed E-state index contributed by atoms with van der Waals surface area (Å²) in [6, 6.07) is 4.16. The van der Waals surface area contributed by atoms with Crippen molar-refractivity contribution in [3.05, 3.63) is 23.9 Å². The van der Waals surface area contributed by atoms with Crippen LogP contribution in [-0.2, 0) is 15.3 Å². The van der Waals surface area contributed by atoms with Crippen molar-refractivity contribution in [3.63, 3.8) is 0 Å². The first-order valence-electron chi connectivity index (χ1n) is 7.51. The van der Waals surface area contributed by atoms with E-state index in [9.17, 15) is 4.79 Å². The summed E-state index contributed by atoms with van der Waals surface area (Å²) in [5, 5.41) is 3.27. The van der Waals surface area contributed by atoms with Gasteiger partial charge in [0.1, 0.15) is 5.82 Å². The summed E-state index contributed by atoms with van der Waals surface area (Å²) in [6.45, 7) is 3.09. The van der Waals surface area contributed by atoms with Gasteiger partial charge in [-0.1, -0.05) is 13.0 Å². The predicted molar refractivity (Wildman–Crippen MR) is 87.5 cm³/mol. The van der Waals surface area contributed by atoms with Crippen LogP contribution in [0.1, 0.15) is 38.2 Å². The van der Waals surface area contributed by atoms with Gasteiger partial charge in [0.2, 0.25) is 0 Å². The van der Waals surface area contributed by atoms with Gasteiger partial charge in [-0.25, -0.2) is 4.98 Å². The van der Waals surface area contributed by atoms with Crippen LogP contribution >= 0.6 is 11.8 Å². The monoisotopic (exact) mass is 308 g/mol. The first-order chi connectivity index (χ1) is 10.2. The van der Waals surface area contributed by atoms with E-state index >= 15 is 0 Å². The van der Waals surface area contributed by atoms with E-state index in [2.05, 4.69) is 23.3 Å². The lowest BCUT2D eigenvalue weighted by Gasteiger charge is -2.13. The molecule has 116 valence electrons. The molecule has 1 heterocycles. The molecule has 0 aromatic carbocycles. The van der Waals surface area contributed by atoms with Gasteiger partial charge in [-0.2, -0.15) is 11.8 Å². The van der Waals surface area contributed by atoms with Crippen LogP contribution in [0.4, 0.5) is 5.82 Å². The normalized spacial score (nSPS) is 15.5. The van der Waals surface area contributed by atoms with Gasteiger partial charge in [-0.3, -0.25) is 4.79 Å². The first-order valence-corrected chi connectivity index (χ1v) is 8.66. The van der Waals surface area contributed by atoms with Crippen molar-refractivity contribution < 1.29 is 9.53 Å². The molecule has 2 rings (SSSR count). The number of esters is 1. The van der Waals surface area contributed by atoms with Crippen LogP contribution in [0, 0.1) is 5.41 Å². The number of rotatable bonds is 9. The Morgan fingerprint density at radius 3 is 2.86 bits per heavy atom. The number of thioether (sulfide) groups is 1. The highest BCUT2D eigenvalue weighted by Gasteiger charge is 2.44. The van der Waals surface area contributed by atoms with Crippen LogP contribution in [0.25, 0.3) is 0 Å². The van der Waals surface area contributed by atoms with E-state index in [0.717, 1.165) is 43.1 Å². The minimum Gasteiger partial charge on any atom is -0.469 e. The number of hydrogen-bond acceptors (Lipinski definition) is 5. The molecule has 1 saturated carbocycles. The van der Waals surface area contributed by atoms with Crippen molar-refractivity contribution in [1.29, 1.82) is 0 Å². The SMILES string of the molecule is CCCNc1ccc(CSCC2(CC(=O)OC)CC2)cn1. The second-order valence-electron chi connectivity index (χ2n) is 5.72. The maximum atomic E-state index is 11.4. The van der Waals surface area contributed by atoms with Gasteiger partial charge in [-0.05, 0) is 42.1 Å². The zero-order chi connectivity index (χ0) is 15.1. The molecule has 4 nitrogen and oxygen atoms in total. The van der Waals surface area contributed by atoms with E-state index in [4.69, 9.17) is 4.74 Å². The summed E-state index contributed by atoms with van der Waals surface area (Å²) in [5.74, 6) is 2.83. The van der Waals surface area contributed by atoms with Crippen molar-refractivity contribution in [2.75, 3.05) is 24.7 Å². The van der Waals surface area contributed by atoms with Crippen molar-refractivity contribution in [2.45, 2.75) is 38.4 Å². The molecule has 0 amide bonds. The van der Waals surface area contributed by atoms with E-state index < -0.39 is 0 Å². The molecule has 1 aromatic heterocycles. The Morgan fingerprint density at radius 1 is 1.48 bits per heavy atom. The Hall–Kier alpha value is -1.23. The van der Waals surface area contributed by atoms with E-state index in [1.165, 1.54) is 12.7 Å². The lowest BCUT2D eigenvalue weighted by molar-refractivity contribution is -0.141. The molecule has 0 bridgehead atoms. The number of hydrogen-bond donors (Lipinski definition) is 1. The van der Waals surface area contributed by atoms with E-state index in [1.54, 1.807) is 0 Å². The van der Waals surface area contributed by atoms with Gasteiger partial charge in [0.25, 0.3) is 0 Å². The summed E-state index contributed by atoms with van der Waals surface area (Å²) in [5.41, 5.74) is 1.43. The van der Waals surface area contributed by atoms with Crippen molar-refractivity contribution in [1.82, 2.24) is 4.98 Å². The third-order valence-corrected chi connectivity index (χ3v) is 5.12. The molecular formula is C16H24N2O2S. The smallest absolute Gasteiger partial charge is 0.306 e. The average molecular weight is 308 g/mol.